The highest BCUT2D eigenvalue weighted by Crippen LogP contribution is 2.18. The van der Waals surface area contributed by atoms with Crippen LogP contribution in [0.1, 0.15) is 17.3 Å². The molecule has 1 aliphatic rings. The standard InChI is InChI=1S/C12H14FN3O2/c1-7-11(17)15-4-5-16(7)12(18)9-6-8(13)2-3-10(9)14/h2-3,6-7H,4-5,14H2,1H3,(H,15,17). The molecule has 3 N–H and O–H groups in total. The Morgan fingerprint density at radius 2 is 2.28 bits per heavy atom. The van der Waals surface area contributed by atoms with Gasteiger partial charge in [0.25, 0.3) is 5.91 Å². The van der Waals surface area contributed by atoms with Gasteiger partial charge in [-0.2, -0.15) is 0 Å². The largest absolute Gasteiger partial charge is 0.398 e. The number of nitrogens with zero attached hydrogens (tertiary/aromatic N) is 1. The van der Waals surface area contributed by atoms with E-state index in [2.05, 4.69) is 5.32 Å². The predicted octanol–water partition coefficient (Wildman–Crippen LogP) is 0.368. The number of carbonyl (C=O) groups is 2. The number of hydrogen-bond acceptors (Lipinski definition) is 3. The summed E-state index contributed by atoms with van der Waals surface area (Å²) in [5, 5.41) is 2.66. The first-order valence-electron chi connectivity index (χ1n) is 5.64. The van der Waals surface area contributed by atoms with E-state index in [-0.39, 0.29) is 17.2 Å². The van der Waals surface area contributed by atoms with Crippen LogP contribution in [0.3, 0.4) is 0 Å². The summed E-state index contributed by atoms with van der Waals surface area (Å²) in [7, 11) is 0. The summed E-state index contributed by atoms with van der Waals surface area (Å²) in [6.45, 7) is 2.41. The fraction of sp³-hybridized carbons (Fsp3) is 0.333. The second-order valence-electron chi connectivity index (χ2n) is 4.20. The maximum absolute atomic E-state index is 13.1. The smallest absolute Gasteiger partial charge is 0.256 e. The van der Waals surface area contributed by atoms with Crippen LogP contribution in [0.15, 0.2) is 18.2 Å². The summed E-state index contributed by atoms with van der Waals surface area (Å²) >= 11 is 0. The lowest BCUT2D eigenvalue weighted by atomic mass is 10.1. The molecule has 1 heterocycles. The number of piperazine rings is 1. The van der Waals surface area contributed by atoms with Crippen molar-refractivity contribution in [2.75, 3.05) is 18.8 Å². The van der Waals surface area contributed by atoms with Crippen LogP contribution in [0.5, 0.6) is 0 Å². The van der Waals surface area contributed by atoms with Crippen LogP contribution in [-0.2, 0) is 4.79 Å². The molecule has 2 amide bonds. The van der Waals surface area contributed by atoms with Crippen molar-refractivity contribution in [1.29, 1.82) is 0 Å². The fourth-order valence-electron chi connectivity index (χ4n) is 1.93. The molecule has 0 saturated carbocycles. The summed E-state index contributed by atoms with van der Waals surface area (Å²) < 4.78 is 13.1. The van der Waals surface area contributed by atoms with Crippen LogP contribution in [0.25, 0.3) is 0 Å². The molecule has 18 heavy (non-hydrogen) atoms. The molecular formula is C12H14FN3O2. The van der Waals surface area contributed by atoms with E-state index in [4.69, 9.17) is 5.73 Å². The molecule has 0 bridgehead atoms. The number of nitrogens with one attached hydrogen (secondary N) is 1. The van der Waals surface area contributed by atoms with Crippen molar-refractivity contribution in [3.63, 3.8) is 0 Å². The van der Waals surface area contributed by atoms with Crippen LogP contribution in [0.2, 0.25) is 0 Å². The topological polar surface area (TPSA) is 75.4 Å². The van der Waals surface area contributed by atoms with E-state index in [0.717, 1.165) is 6.07 Å². The molecule has 0 aliphatic carbocycles. The maximum atomic E-state index is 13.1. The summed E-state index contributed by atoms with van der Waals surface area (Å²) in [6, 6.07) is 3.06. The van der Waals surface area contributed by atoms with Gasteiger partial charge in [0, 0.05) is 18.8 Å². The van der Waals surface area contributed by atoms with Crippen molar-refractivity contribution in [1.82, 2.24) is 10.2 Å². The Hall–Kier alpha value is -2.11. The van der Waals surface area contributed by atoms with Crippen LogP contribution in [0, 0.1) is 5.82 Å². The normalized spacial score (nSPS) is 19.6. The minimum atomic E-state index is -0.575. The highest BCUT2D eigenvalue weighted by atomic mass is 19.1. The molecule has 1 aliphatic heterocycles. The average molecular weight is 251 g/mol. The minimum absolute atomic E-state index is 0.0940. The molecule has 0 aromatic heterocycles. The fourth-order valence-corrected chi connectivity index (χ4v) is 1.93. The zero-order valence-corrected chi connectivity index (χ0v) is 9.94. The number of amides is 2. The van der Waals surface area contributed by atoms with Gasteiger partial charge in [0.15, 0.2) is 0 Å². The van der Waals surface area contributed by atoms with Gasteiger partial charge in [0.05, 0.1) is 5.56 Å². The van der Waals surface area contributed by atoms with Gasteiger partial charge in [0.2, 0.25) is 5.91 Å². The lowest BCUT2D eigenvalue weighted by Crippen LogP contribution is -2.55. The van der Waals surface area contributed by atoms with Gasteiger partial charge in [-0.25, -0.2) is 4.39 Å². The number of hydrogen-bond donors (Lipinski definition) is 2. The summed E-state index contributed by atoms with van der Waals surface area (Å²) in [6.07, 6.45) is 0. The highest BCUT2D eigenvalue weighted by Gasteiger charge is 2.30. The number of anilines is 1. The molecule has 1 fully saturated rings. The third kappa shape index (κ3) is 2.13. The van der Waals surface area contributed by atoms with Crippen LogP contribution < -0.4 is 11.1 Å². The third-order valence-electron chi connectivity index (χ3n) is 3.01. The SMILES string of the molecule is CC1C(=O)NCCN1C(=O)c1cc(F)ccc1N. The molecule has 0 spiro atoms. The number of nitrogens with two attached hydrogens (primary N) is 1. The molecule has 1 unspecified atom stereocenters. The average Bonchev–Trinajstić information content (AvgIpc) is 2.35. The molecule has 1 aromatic carbocycles. The van der Waals surface area contributed by atoms with Crippen LogP contribution in [-0.4, -0.2) is 35.8 Å². The summed E-state index contributed by atoms with van der Waals surface area (Å²) in [5.74, 6) is -1.17. The lowest BCUT2D eigenvalue weighted by molar-refractivity contribution is -0.127. The number of rotatable bonds is 1. The first-order valence-corrected chi connectivity index (χ1v) is 5.64. The van der Waals surface area contributed by atoms with Gasteiger partial charge in [-0.05, 0) is 25.1 Å². The number of benzene rings is 1. The maximum Gasteiger partial charge on any atom is 0.256 e. The molecule has 5 nitrogen and oxygen atoms in total. The van der Waals surface area contributed by atoms with Gasteiger partial charge in [-0.3, -0.25) is 9.59 Å². The molecule has 0 radical (unpaired) electrons. The van der Waals surface area contributed by atoms with E-state index in [1.165, 1.54) is 17.0 Å². The van der Waals surface area contributed by atoms with Gasteiger partial charge in [-0.1, -0.05) is 0 Å². The second-order valence-corrected chi connectivity index (χ2v) is 4.20. The summed E-state index contributed by atoms with van der Waals surface area (Å²) in [5.41, 5.74) is 5.96. The van der Waals surface area contributed by atoms with E-state index in [1.807, 2.05) is 0 Å². The molecule has 1 atom stereocenters. The van der Waals surface area contributed by atoms with Gasteiger partial charge < -0.3 is 16.0 Å². The highest BCUT2D eigenvalue weighted by molar-refractivity contribution is 6.01. The van der Waals surface area contributed by atoms with Gasteiger partial charge in [0.1, 0.15) is 11.9 Å². The third-order valence-corrected chi connectivity index (χ3v) is 3.01. The monoisotopic (exact) mass is 251 g/mol. The van der Waals surface area contributed by atoms with Crippen molar-refractivity contribution >= 4 is 17.5 Å². The van der Waals surface area contributed by atoms with Crippen LogP contribution >= 0.6 is 0 Å². The first kappa shape index (κ1) is 12.3. The molecule has 96 valence electrons. The minimum Gasteiger partial charge on any atom is -0.398 e. The van der Waals surface area contributed by atoms with Crippen LogP contribution in [0.4, 0.5) is 10.1 Å². The van der Waals surface area contributed by atoms with Crippen molar-refractivity contribution in [2.24, 2.45) is 0 Å². The van der Waals surface area contributed by atoms with E-state index in [0.29, 0.717) is 13.1 Å². The predicted molar refractivity (Wildman–Crippen MR) is 64.3 cm³/mol. The number of halogens is 1. The molecule has 6 heteroatoms. The van der Waals surface area contributed by atoms with Crippen molar-refractivity contribution < 1.29 is 14.0 Å². The zero-order valence-electron chi connectivity index (χ0n) is 9.94. The van der Waals surface area contributed by atoms with Crippen molar-refractivity contribution in [3.05, 3.63) is 29.6 Å². The Morgan fingerprint density at radius 1 is 1.56 bits per heavy atom. The number of carbonyl (C=O) groups excluding carboxylic acids is 2. The molecular weight excluding hydrogens is 237 g/mol. The van der Waals surface area contributed by atoms with E-state index < -0.39 is 17.8 Å². The van der Waals surface area contributed by atoms with E-state index in [9.17, 15) is 14.0 Å². The molecule has 1 saturated heterocycles. The Morgan fingerprint density at radius 3 is 3.00 bits per heavy atom. The van der Waals surface area contributed by atoms with E-state index >= 15 is 0 Å². The first-order chi connectivity index (χ1) is 8.50. The molecule has 2 rings (SSSR count). The lowest BCUT2D eigenvalue weighted by Gasteiger charge is -2.33. The Balaban J connectivity index is 2.30. The van der Waals surface area contributed by atoms with Gasteiger partial charge in [-0.15, -0.1) is 0 Å². The number of nitrogen functional groups attached to an aromatic ring is 1. The van der Waals surface area contributed by atoms with Gasteiger partial charge >= 0.3 is 0 Å². The molecule has 1 aromatic rings. The zero-order chi connectivity index (χ0) is 13.3. The Bertz CT molecular complexity index is 504. The quantitative estimate of drug-likeness (QED) is 0.708. The van der Waals surface area contributed by atoms with Crippen molar-refractivity contribution in [2.45, 2.75) is 13.0 Å². The Kier molecular flexibility index (Phi) is 3.18. The van der Waals surface area contributed by atoms with Crippen molar-refractivity contribution in [3.8, 4) is 0 Å². The Labute approximate surface area is 104 Å². The van der Waals surface area contributed by atoms with E-state index in [1.54, 1.807) is 6.92 Å². The second kappa shape index (κ2) is 4.64. The summed E-state index contributed by atoms with van der Waals surface area (Å²) in [4.78, 5) is 25.1.